The van der Waals surface area contributed by atoms with Crippen molar-refractivity contribution in [3.8, 4) is 0 Å². The SMILES string of the molecule is CC1=C(C)C(Cl)([SiH2]C2(Cl)C(C)=C(C)C3=C2CCCC3)C2=C1CCCC2.[Zr]. The first-order valence-corrected chi connectivity index (χ1v) is 12.2. The maximum atomic E-state index is 7.52. The van der Waals surface area contributed by atoms with E-state index in [0.717, 1.165) is 0 Å². The minimum atomic E-state index is -0.819. The van der Waals surface area contributed by atoms with Crippen LogP contribution in [0.1, 0.15) is 79.1 Å². The maximum Gasteiger partial charge on any atom is 0.0914 e. The van der Waals surface area contributed by atoms with Crippen LogP contribution in [0.15, 0.2) is 44.6 Å². The van der Waals surface area contributed by atoms with Gasteiger partial charge in [0.25, 0.3) is 0 Å². The van der Waals surface area contributed by atoms with Crippen LogP contribution in [0.5, 0.6) is 0 Å². The summed E-state index contributed by atoms with van der Waals surface area (Å²) in [6.45, 7) is 9.16. The third-order valence-electron chi connectivity index (χ3n) is 7.60. The van der Waals surface area contributed by atoms with Gasteiger partial charge in [-0.2, -0.15) is 0 Å². The Balaban J connectivity index is 0.00000196. The predicted molar refractivity (Wildman–Crippen MR) is 113 cm³/mol. The molecule has 0 heterocycles. The van der Waals surface area contributed by atoms with Gasteiger partial charge in [0.15, 0.2) is 0 Å². The molecule has 0 aromatic heterocycles. The zero-order chi connectivity index (χ0) is 18.0. The molecular weight excluding hydrogens is 454 g/mol. The van der Waals surface area contributed by atoms with Crippen LogP contribution in [0.2, 0.25) is 0 Å². The number of allylic oxidation sites excluding steroid dienone is 8. The molecule has 0 aromatic carbocycles. The summed E-state index contributed by atoms with van der Waals surface area (Å²) in [4.78, 5) is 0. The van der Waals surface area contributed by atoms with Crippen LogP contribution in [0.4, 0.5) is 0 Å². The van der Waals surface area contributed by atoms with E-state index in [4.69, 9.17) is 23.2 Å². The maximum absolute atomic E-state index is 7.52. The van der Waals surface area contributed by atoms with E-state index in [9.17, 15) is 0 Å². The Morgan fingerprint density at radius 3 is 1.38 bits per heavy atom. The molecule has 0 N–H and O–H groups in total. The molecule has 0 radical (unpaired) electrons. The van der Waals surface area contributed by atoms with Crippen LogP contribution in [-0.2, 0) is 26.2 Å². The summed E-state index contributed by atoms with van der Waals surface area (Å²) in [6, 6.07) is 0. The quantitative estimate of drug-likeness (QED) is 0.312. The molecule has 0 saturated heterocycles. The molecule has 4 rings (SSSR count). The van der Waals surface area contributed by atoms with Crippen molar-refractivity contribution in [2.24, 2.45) is 0 Å². The molecule has 2 atom stereocenters. The Morgan fingerprint density at radius 1 is 0.654 bits per heavy atom. The van der Waals surface area contributed by atoms with E-state index in [1.165, 1.54) is 73.7 Å². The first-order valence-electron chi connectivity index (χ1n) is 10.00. The smallest absolute Gasteiger partial charge is 0.0914 e. The normalized spacial score (nSPS) is 34.8. The van der Waals surface area contributed by atoms with Crippen molar-refractivity contribution >= 4 is 32.7 Å². The molecule has 0 amide bonds. The van der Waals surface area contributed by atoms with Gasteiger partial charge < -0.3 is 0 Å². The molecule has 26 heavy (non-hydrogen) atoms. The van der Waals surface area contributed by atoms with E-state index in [-0.39, 0.29) is 35.2 Å². The minimum Gasteiger partial charge on any atom is -0.114 e. The van der Waals surface area contributed by atoms with Crippen LogP contribution >= 0.6 is 23.2 Å². The van der Waals surface area contributed by atoms with Crippen LogP contribution in [-0.4, -0.2) is 18.5 Å². The monoisotopic (exact) mass is 482 g/mol. The molecule has 4 heteroatoms. The first kappa shape index (κ1) is 21.4. The van der Waals surface area contributed by atoms with Gasteiger partial charge in [-0.15, -0.1) is 23.2 Å². The van der Waals surface area contributed by atoms with E-state index in [1.54, 1.807) is 22.3 Å². The van der Waals surface area contributed by atoms with E-state index in [2.05, 4.69) is 27.7 Å². The molecule has 2 unspecified atom stereocenters. The van der Waals surface area contributed by atoms with Crippen LogP contribution in [0.3, 0.4) is 0 Å². The summed E-state index contributed by atoms with van der Waals surface area (Å²) < 4.78 is -0.466. The summed E-state index contributed by atoms with van der Waals surface area (Å²) >= 11 is 15.0. The molecule has 4 aliphatic rings. The molecule has 0 nitrogen and oxygen atoms in total. The summed E-state index contributed by atoms with van der Waals surface area (Å²) in [5.74, 6) is 0. The standard InChI is InChI=1S/C22H30Cl2Si.Zr/c1-13-15(3)21(23,19-11-7-5-9-17(13)19)25-22(24)16(4)14(2)18-10-6-8-12-20(18)22;/h5-12,25H2,1-4H3;. The van der Waals surface area contributed by atoms with Crippen molar-refractivity contribution in [2.75, 3.05) is 0 Å². The fourth-order valence-electron chi connectivity index (χ4n) is 5.83. The number of halogens is 2. The fourth-order valence-corrected chi connectivity index (χ4v) is 10.9. The second-order valence-electron chi connectivity index (χ2n) is 8.61. The largest absolute Gasteiger partial charge is 0.114 e. The molecule has 0 aromatic rings. The Bertz CT molecular complexity index is 709. The van der Waals surface area contributed by atoms with Gasteiger partial charge in [0, 0.05) is 26.2 Å². The van der Waals surface area contributed by atoms with E-state index >= 15 is 0 Å². The van der Waals surface area contributed by atoms with Crippen molar-refractivity contribution < 1.29 is 26.2 Å². The Kier molecular flexibility index (Phi) is 6.14. The molecule has 0 saturated carbocycles. The van der Waals surface area contributed by atoms with Crippen molar-refractivity contribution in [2.45, 2.75) is 88.1 Å². The minimum absolute atomic E-state index is 0. The van der Waals surface area contributed by atoms with Crippen molar-refractivity contribution in [3.05, 3.63) is 44.6 Å². The van der Waals surface area contributed by atoms with E-state index in [0.29, 0.717) is 0 Å². The van der Waals surface area contributed by atoms with Gasteiger partial charge in [0.2, 0.25) is 0 Å². The Labute approximate surface area is 190 Å². The van der Waals surface area contributed by atoms with Crippen LogP contribution in [0, 0.1) is 0 Å². The molecule has 4 aliphatic carbocycles. The molecule has 0 bridgehead atoms. The zero-order valence-electron chi connectivity index (χ0n) is 16.6. The summed E-state index contributed by atoms with van der Waals surface area (Å²) in [7, 11) is -0.819. The van der Waals surface area contributed by atoms with Gasteiger partial charge in [-0.25, -0.2) is 0 Å². The van der Waals surface area contributed by atoms with Crippen molar-refractivity contribution in [1.82, 2.24) is 0 Å². The third-order valence-corrected chi connectivity index (χ3v) is 12.3. The molecule has 0 spiro atoms. The van der Waals surface area contributed by atoms with Gasteiger partial charge in [0.1, 0.15) is 0 Å². The summed E-state index contributed by atoms with van der Waals surface area (Å²) in [6.07, 6.45) is 10.0. The number of hydrogen-bond acceptors (Lipinski definition) is 0. The predicted octanol–water partition coefficient (Wildman–Crippen LogP) is 6.46. The number of hydrogen-bond donors (Lipinski definition) is 0. The van der Waals surface area contributed by atoms with Gasteiger partial charge >= 0.3 is 0 Å². The number of alkyl halides is 2. The van der Waals surface area contributed by atoms with Gasteiger partial charge in [0.05, 0.1) is 18.5 Å². The van der Waals surface area contributed by atoms with E-state index in [1.807, 2.05) is 0 Å². The molecule has 140 valence electrons. The van der Waals surface area contributed by atoms with Gasteiger partial charge in [-0.3, -0.25) is 0 Å². The third kappa shape index (κ3) is 2.92. The average molecular weight is 485 g/mol. The summed E-state index contributed by atoms with van der Waals surface area (Å²) in [5, 5.41) is 0. The molecule has 0 fully saturated rings. The van der Waals surface area contributed by atoms with Gasteiger partial charge in [-0.1, -0.05) is 0 Å². The summed E-state index contributed by atoms with van der Waals surface area (Å²) in [5.41, 5.74) is 12.1. The average Bonchev–Trinajstić information content (AvgIpc) is 2.93. The topological polar surface area (TPSA) is 0 Å². The second kappa shape index (κ2) is 7.47. The van der Waals surface area contributed by atoms with Crippen LogP contribution in [0.25, 0.3) is 0 Å². The second-order valence-corrected chi connectivity index (χ2v) is 13.3. The van der Waals surface area contributed by atoms with Crippen molar-refractivity contribution in [3.63, 3.8) is 0 Å². The fraction of sp³-hybridized carbons (Fsp3) is 0.636. The van der Waals surface area contributed by atoms with Crippen molar-refractivity contribution in [1.29, 1.82) is 0 Å². The van der Waals surface area contributed by atoms with Gasteiger partial charge in [-0.05, 0) is 124 Å². The Morgan fingerprint density at radius 2 is 1.00 bits per heavy atom. The zero-order valence-corrected chi connectivity index (χ0v) is 22.0. The molecular formula is C22H30Cl2SiZr. The van der Waals surface area contributed by atoms with E-state index < -0.39 is 9.52 Å². The number of rotatable bonds is 2. The Hall–Kier alpha value is 0.640. The first-order chi connectivity index (χ1) is 11.8. The molecule has 0 aliphatic heterocycles. The van der Waals surface area contributed by atoms with Crippen LogP contribution < -0.4 is 0 Å².